The molecule has 0 aliphatic heterocycles. The fraction of sp³-hybridized carbons (Fsp3) is 0.556. The Morgan fingerprint density at radius 3 is 2.75 bits per heavy atom. The summed E-state index contributed by atoms with van der Waals surface area (Å²) in [5.41, 5.74) is 3.14. The maximum atomic E-state index is 5.38. The molecule has 1 aliphatic carbocycles. The molecule has 108 valence electrons. The van der Waals surface area contributed by atoms with Gasteiger partial charge in [-0.1, -0.05) is 20.8 Å². The van der Waals surface area contributed by atoms with Crippen molar-refractivity contribution in [3.05, 3.63) is 30.0 Å². The van der Waals surface area contributed by atoms with Gasteiger partial charge in [0, 0.05) is 17.1 Å². The summed E-state index contributed by atoms with van der Waals surface area (Å²) >= 11 is 0. The summed E-state index contributed by atoms with van der Waals surface area (Å²) in [5, 5.41) is 1.33. The van der Waals surface area contributed by atoms with Crippen LogP contribution in [0.15, 0.2) is 24.4 Å². The quantitative estimate of drug-likeness (QED) is 0.807. The second-order valence-electron chi connectivity index (χ2n) is 7.27. The molecule has 1 saturated carbocycles. The minimum Gasteiger partial charge on any atom is -0.497 e. The van der Waals surface area contributed by atoms with Gasteiger partial charge in [-0.15, -0.1) is 0 Å². The first kappa shape index (κ1) is 13.5. The Hall–Kier alpha value is -1.44. The third-order valence-corrected chi connectivity index (χ3v) is 4.75. The molecule has 1 fully saturated rings. The Morgan fingerprint density at radius 2 is 2.05 bits per heavy atom. The number of hydrogen-bond acceptors (Lipinski definition) is 1. The van der Waals surface area contributed by atoms with E-state index >= 15 is 0 Å². The lowest BCUT2D eigenvalue weighted by Crippen LogP contribution is -2.26. The van der Waals surface area contributed by atoms with Crippen molar-refractivity contribution < 1.29 is 4.74 Å². The molecule has 1 aromatic carbocycles. The lowest BCUT2D eigenvalue weighted by Gasteiger charge is -2.39. The van der Waals surface area contributed by atoms with Gasteiger partial charge in [-0.2, -0.15) is 0 Å². The molecule has 2 heteroatoms. The van der Waals surface area contributed by atoms with Crippen molar-refractivity contribution >= 4 is 10.9 Å². The summed E-state index contributed by atoms with van der Waals surface area (Å²) in [4.78, 5) is 3.42. The monoisotopic (exact) mass is 271 g/mol. The lowest BCUT2D eigenvalue weighted by atomic mass is 9.66. The van der Waals surface area contributed by atoms with Crippen LogP contribution in [0.4, 0.5) is 0 Å². The number of methoxy groups -OCH3 is 1. The molecule has 0 saturated heterocycles. The molecule has 1 heterocycles. The van der Waals surface area contributed by atoms with Crippen LogP contribution in [0.5, 0.6) is 5.75 Å². The Kier molecular flexibility index (Phi) is 3.27. The summed E-state index contributed by atoms with van der Waals surface area (Å²) in [6.07, 6.45) is 6.13. The zero-order valence-corrected chi connectivity index (χ0v) is 13.0. The summed E-state index contributed by atoms with van der Waals surface area (Å²) in [6, 6.07) is 6.32. The van der Waals surface area contributed by atoms with Crippen LogP contribution in [0, 0.1) is 11.3 Å². The topological polar surface area (TPSA) is 25.0 Å². The average Bonchev–Trinajstić information content (AvgIpc) is 2.78. The van der Waals surface area contributed by atoms with Gasteiger partial charge in [0.15, 0.2) is 0 Å². The molecule has 2 atom stereocenters. The van der Waals surface area contributed by atoms with Gasteiger partial charge in [-0.05, 0) is 60.3 Å². The van der Waals surface area contributed by atoms with Crippen LogP contribution in [0.25, 0.3) is 10.9 Å². The third kappa shape index (κ3) is 2.44. The van der Waals surface area contributed by atoms with Gasteiger partial charge in [0.1, 0.15) is 5.75 Å². The minimum atomic E-state index is 0.449. The lowest BCUT2D eigenvalue weighted by molar-refractivity contribution is 0.169. The molecule has 3 rings (SSSR count). The maximum absolute atomic E-state index is 5.38. The van der Waals surface area contributed by atoms with E-state index in [0.717, 1.165) is 11.7 Å². The summed E-state index contributed by atoms with van der Waals surface area (Å²) < 4.78 is 5.38. The number of rotatable bonds is 2. The highest BCUT2D eigenvalue weighted by Crippen LogP contribution is 2.47. The predicted octanol–water partition coefficient (Wildman–Crippen LogP) is 5.11. The van der Waals surface area contributed by atoms with Gasteiger partial charge in [-0.25, -0.2) is 0 Å². The number of nitrogens with one attached hydrogen (secondary N) is 1. The normalized spacial score (nSPS) is 25.8. The second-order valence-corrected chi connectivity index (χ2v) is 7.27. The maximum Gasteiger partial charge on any atom is 0.119 e. The van der Waals surface area contributed by atoms with Gasteiger partial charge in [0.25, 0.3) is 0 Å². The van der Waals surface area contributed by atoms with Crippen LogP contribution in [-0.4, -0.2) is 12.1 Å². The van der Waals surface area contributed by atoms with Crippen LogP contribution in [-0.2, 0) is 0 Å². The highest BCUT2D eigenvalue weighted by atomic mass is 16.5. The summed E-state index contributed by atoms with van der Waals surface area (Å²) in [5.74, 6) is 2.41. The number of H-pyrrole nitrogens is 1. The minimum absolute atomic E-state index is 0.449. The zero-order valence-electron chi connectivity index (χ0n) is 13.0. The molecule has 1 N–H and O–H groups in total. The van der Waals surface area contributed by atoms with Crippen molar-refractivity contribution in [3.8, 4) is 5.75 Å². The van der Waals surface area contributed by atoms with Crippen LogP contribution >= 0.6 is 0 Å². The SMILES string of the molecule is COc1ccc2[nH]cc(C3CC(C)CC(C)(C)C3)c2c1. The van der Waals surface area contributed by atoms with Gasteiger partial charge in [-0.3, -0.25) is 0 Å². The van der Waals surface area contributed by atoms with E-state index in [4.69, 9.17) is 4.74 Å². The number of benzene rings is 1. The highest BCUT2D eigenvalue weighted by Gasteiger charge is 2.33. The van der Waals surface area contributed by atoms with Gasteiger partial charge in [0.05, 0.1) is 7.11 Å². The first-order valence-electron chi connectivity index (χ1n) is 7.63. The number of aromatic amines is 1. The Balaban J connectivity index is 2.01. The molecular formula is C18H25NO. The molecule has 0 spiro atoms. The fourth-order valence-corrected chi connectivity index (χ4v) is 4.17. The summed E-state index contributed by atoms with van der Waals surface area (Å²) in [6.45, 7) is 7.21. The van der Waals surface area contributed by atoms with Crippen LogP contribution < -0.4 is 4.74 Å². The summed E-state index contributed by atoms with van der Waals surface area (Å²) in [7, 11) is 1.74. The molecule has 0 amide bonds. The van der Waals surface area contributed by atoms with Crippen LogP contribution in [0.1, 0.15) is 51.5 Å². The molecular weight excluding hydrogens is 246 g/mol. The molecule has 0 radical (unpaired) electrons. The number of fused-ring (bicyclic) bond motifs is 1. The standard InChI is InChI=1S/C18H25NO/c1-12-7-13(10-18(2,3)9-12)16-11-19-17-6-5-14(20-4)8-15(16)17/h5-6,8,11-13,19H,7,9-10H2,1-4H3. The van der Waals surface area contributed by atoms with E-state index in [0.29, 0.717) is 11.3 Å². The Labute approximate surface area is 121 Å². The van der Waals surface area contributed by atoms with E-state index in [-0.39, 0.29) is 0 Å². The van der Waals surface area contributed by atoms with Crippen LogP contribution in [0.3, 0.4) is 0 Å². The predicted molar refractivity (Wildman–Crippen MR) is 84.4 cm³/mol. The van der Waals surface area contributed by atoms with Crippen molar-refractivity contribution in [2.45, 2.75) is 46.0 Å². The molecule has 20 heavy (non-hydrogen) atoms. The zero-order chi connectivity index (χ0) is 14.3. The molecule has 0 bridgehead atoms. The van der Waals surface area contributed by atoms with E-state index in [2.05, 4.69) is 44.1 Å². The highest BCUT2D eigenvalue weighted by molar-refractivity contribution is 5.85. The van der Waals surface area contributed by atoms with E-state index in [9.17, 15) is 0 Å². The first-order valence-corrected chi connectivity index (χ1v) is 7.63. The van der Waals surface area contributed by atoms with E-state index in [1.54, 1.807) is 7.11 Å². The third-order valence-electron chi connectivity index (χ3n) is 4.75. The Morgan fingerprint density at radius 1 is 1.25 bits per heavy atom. The van der Waals surface area contributed by atoms with E-state index in [1.807, 2.05) is 6.07 Å². The molecule has 2 aromatic rings. The fourth-order valence-electron chi connectivity index (χ4n) is 4.17. The average molecular weight is 271 g/mol. The largest absolute Gasteiger partial charge is 0.497 e. The van der Waals surface area contributed by atoms with E-state index in [1.165, 1.54) is 35.7 Å². The first-order chi connectivity index (χ1) is 9.48. The smallest absolute Gasteiger partial charge is 0.119 e. The molecule has 1 aliphatic rings. The molecule has 2 unspecified atom stereocenters. The van der Waals surface area contributed by atoms with E-state index < -0.39 is 0 Å². The number of ether oxygens (including phenoxy) is 1. The number of hydrogen-bond donors (Lipinski definition) is 1. The van der Waals surface area contributed by atoms with Gasteiger partial charge in [0.2, 0.25) is 0 Å². The van der Waals surface area contributed by atoms with Crippen molar-refractivity contribution in [2.75, 3.05) is 7.11 Å². The van der Waals surface area contributed by atoms with Gasteiger partial charge >= 0.3 is 0 Å². The Bertz CT molecular complexity index is 611. The van der Waals surface area contributed by atoms with Crippen molar-refractivity contribution in [1.82, 2.24) is 4.98 Å². The van der Waals surface area contributed by atoms with Crippen molar-refractivity contribution in [1.29, 1.82) is 0 Å². The second kappa shape index (κ2) is 4.83. The molecule has 1 aromatic heterocycles. The van der Waals surface area contributed by atoms with Crippen molar-refractivity contribution in [3.63, 3.8) is 0 Å². The van der Waals surface area contributed by atoms with Gasteiger partial charge < -0.3 is 9.72 Å². The van der Waals surface area contributed by atoms with Crippen molar-refractivity contribution in [2.24, 2.45) is 11.3 Å². The van der Waals surface area contributed by atoms with Crippen LogP contribution in [0.2, 0.25) is 0 Å². The number of aromatic nitrogens is 1. The molecule has 2 nitrogen and oxygen atoms in total.